The predicted molar refractivity (Wildman–Crippen MR) is 108 cm³/mol. The smallest absolute Gasteiger partial charge is 0.265 e. The molecule has 3 N–H and O–H groups in total. The molecule has 3 atom stereocenters. The van der Waals surface area contributed by atoms with Gasteiger partial charge in [-0.25, -0.2) is 0 Å². The number of ether oxygens (including phenoxy) is 1. The van der Waals surface area contributed by atoms with Crippen LogP contribution in [0.5, 0.6) is 5.75 Å². The Morgan fingerprint density at radius 3 is 2.82 bits per heavy atom. The summed E-state index contributed by atoms with van der Waals surface area (Å²) in [4.78, 5) is 25.2. The normalized spacial score (nSPS) is 23.4. The summed E-state index contributed by atoms with van der Waals surface area (Å²) in [5.41, 5.74) is 2.17. The Hall–Kier alpha value is -2.86. The molecule has 3 unspecified atom stereocenters. The van der Waals surface area contributed by atoms with Crippen molar-refractivity contribution in [2.45, 2.75) is 31.9 Å². The van der Waals surface area contributed by atoms with Gasteiger partial charge in [0.05, 0.1) is 0 Å². The van der Waals surface area contributed by atoms with Gasteiger partial charge in [-0.1, -0.05) is 31.2 Å². The molecule has 2 aromatic carbocycles. The number of nitrogens with one attached hydrogen (secondary N) is 3. The van der Waals surface area contributed by atoms with Gasteiger partial charge in [0, 0.05) is 23.7 Å². The zero-order valence-electron chi connectivity index (χ0n) is 15.9. The van der Waals surface area contributed by atoms with E-state index in [0.717, 1.165) is 30.8 Å². The van der Waals surface area contributed by atoms with Crippen LogP contribution >= 0.6 is 0 Å². The molecule has 2 amide bonds. The summed E-state index contributed by atoms with van der Waals surface area (Å²) in [6.07, 6.45) is 0.920. The topological polar surface area (TPSA) is 79.5 Å². The largest absolute Gasteiger partial charge is 0.480 e. The number of amides is 2. The minimum absolute atomic E-state index is 0.112. The molecule has 146 valence electrons. The fourth-order valence-corrected chi connectivity index (χ4v) is 3.77. The van der Waals surface area contributed by atoms with E-state index in [2.05, 4.69) is 22.9 Å². The van der Waals surface area contributed by atoms with Crippen molar-refractivity contribution < 1.29 is 14.3 Å². The number of hydrogen-bond donors (Lipinski definition) is 3. The molecule has 1 fully saturated rings. The van der Waals surface area contributed by atoms with Gasteiger partial charge in [-0.3, -0.25) is 9.59 Å². The number of para-hydroxylation sites is 1. The van der Waals surface area contributed by atoms with Crippen LogP contribution in [0.2, 0.25) is 0 Å². The van der Waals surface area contributed by atoms with Crippen LogP contribution in [0, 0.1) is 5.92 Å². The molecule has 2 aliphatic heterocycles. The number of anilines is 1. The lowest BCUT2D eigenvalue weighted by atomic mass is 9.95. The van der Waals surface area contributed by atoms with Crippen molar-refractivity contribution >= 4 is 17.5 Å². The number of rotatable bonds is 4. The fraction of sp³-hybridized carbons (Fsp3) is 0.364. The first kappa shape index (κ1) is 18.5. The summed E-state index contributed by atoms with van der Waals surface area (Å²) in [6.45, 7) is 3.95. The number of fused-ring (bicyclic) bond motifs is 1. The van der Waals surface area contributed by atoms with Crippen molar-refractivity contribution in [1.82, 2.24) is 10.6 Å². The first-order valence-electron chi connectivity index (χ1n) is 9.77. The van der Waals surface area contributed by atoms with Crippen molar-refractivity contribution in [3.63, 3.8) is 0 Å². The fourth-order valence-electron chi connectivity index (χ4n) is 3.77. The monoisotopic (exact) mass is 379 g/mol. The molecule has 0 spiro atoms. The van der Waals surface area contributed by atoms with Gasteiger partial charge in [-0.05, 0) is 55.3 Å². The van der Waals surface area contributed by atoms with E-state index in [9.17, 15) is 9.59 Å². The standard InChI is InChI=1S/C22H25N3O3/c1-14-13-23-10-9-18(14)25-21(26)16-6-4-7-17(11-16)24-22(27)20-12-15-5-2-3-8-19(15)28-20/h2-8,11,14,18,20,23H,9-10,12-13H2,1H3,(H,24,27)(H,25,26). The van der Waals surface area contributed by atoms with Crippen LogP contribution in [0.15, 0.2) is 48.5 Å². The molecule has 0 aromatic heterocycles. The third kappa shape index (κ3) is 4.02. The first-order valence-corrected chi connectivity index (χ1v) is 9.77. The Morgan fingerprint density at radius 2 is 2.00 bits per heavy atom. The highest BCUT2D eigenvalue weighted by molar-refractivity contribution is 5.98. The number of piperidine rings is 1. The maximum atomic E-state index is 12.6. The molecule has 6 nitrogen and oxygen atoms in total. The van der Waals surface area contributed by atoms with Crippen LogP contribution in [-0.4, -0.2) is 37.0 Å². The van der Waals surface area contributed by atoms with Crippen LogP contribution in [0.3, 0.4) is 0 Å². The van der Waals surface area contributed by atoms with Gasteiger partial charge in [-0.15, -0.1) is 0 Å². The number of hydrogen-bond acceptors (Lipinski definition) is 4. The van der Waals surface area contributed by atoms with E-state index in [1.54, 1.807) is 24.3 Å². The summed E-state index contributed by atoms with van der Waals surface area (Å²) in [5, 5.41) is 9.32. The molecular weight excluding hydrogens is 354 g/mol. The van der Waals surface area contributed by atoms with Gasteiger partial charge < -0.3 is 20.7 Å². The molecule has 0 aliphatic carbocycles. The maximum Gasteiger partial charge on any atom is 0.265 e. The van der Waals surface area contributed by atoms with Crippen molar-refractivity contribution in [2.24, 2.45) is 5.92 Å². The highest BCUT2D eigenvalue weighted by Crippen LogP contribution is 2.28. The minimum atomic E-state index is -0.550. The van der Waals surface area contributed by atoms with Gasteiger partial charge in [0.2, 0.25) is 0 Å². The quantitative estimate of drug-likeness (QED) is 0.762. The second kappa shape index (κ2) is 8.02. The maximum absolute atomic E-state index is 12.6. The molecule has 2 aliphatic rings. The van der Waals surface area contributed by atoms with Gasteiger partial charge in [0.15, 0.2) is 6.10 Å². The van der Waals surface area contributed by atoms with Gasteiger partial charge in [0.1, 0.15) is 5.75 Å². The van der Waals surface area contributed by atoms with Gasteiger partial charge in [0.25, 0.3) is 11.8 Å². The second-order valence-electron chi connectivity index (χ2n) is 7.54. The third-order valence-corrected chi connectivity index (χ3v) is 5.43. The van der Waals surface area contributed by atoms with Crippen molar-refractivity contribution in [3.8, 4) is 5.75 Å². The van der Waals surface area contributed by atoms with Crippen LogP contribution in [0.4, 0.5) is 5.69 Å². The SMILES string of the molecule is CC1CNCCC1NC(=O)c1cccc(NC(=O)C2Cc3ccccc3O2)c1. The lowest BCUT2D eigenvalue weighted by Crippen LogP contribution is -2.48. The van der Waals surface area contributed by atoms with Crippen LogP contribution in [0.25, 0.3) is 0 Å². The third-order valence-electron chi connectivity index (χ3n) is 5.43. The Balaban J connectivity index is 1.38. The van der Waals surface area contributed by atoms with Crippen molar-refractivity contribution in [1.29, 1.82) is 0 Å². The summed E-state index contributed by atoms with van der Waals surface area (Å²) < 4.78 is 5.73. The minimum Gasteiger partial charge on any atom is -0.480 e. The van der Waals surface area contributed by atoms with E-state index in [-0.39, 0.29) is 17.9 Å². The average molecular weight is 379 g/mol. The molecule has 0 saturated carbocycles. The van der Waals surface area contributed by atoms with Crippen molar-refractivity contribution in [2.75, 3.05) is 18.4 Å². The van der Waals surface area contributed by atoms with Crippen LogP contribution in [0.1, 0.15) is 29.3 Å². The lowest BCUT2D eigenvalue weighted by molar-refractivity contribution is -0.122. The average Bonchev–Trinajstić information content (AvgIpc) is 3.14. The Bertz CT molecular complexity index is 858. The molecular formula is C22H25N3O3. The summed E-state index contributed by atoms with van der Waals surface area (Å²) in [5.74, 6) is 0.828. The van der Waals surface area contributed by atoms with E-state index in [1.165, 1.54) is 0 Å². The lowest BCUT2D eigenvalue weighted by Gasteiger charge is -2.30. The van der Waals surface area contributed by atoms with E-state index < -0.39 is 6.10 Å². The van der Waals surface area contributed by atoms with E-state index >= 15 is 0 Å². The van der Waals surface area contributed by atoms with Crippen LogP contribution in [-0.2, 0) is 11.2 Å². The van der Waals surface area contributed by atoms with E-state index in [1.807, 2.05) is 24.3 Å². The van der Waals surface area contributed by atoms with E-state index in [4.69, 9.17) is 4.74 Å². The second-order valence-corrected chi connectivity index (χ2v) is 7.54. The molecule has 2 aromatic rings. The Kier molecular flexibility index (Phi) is 5.30. The number of carbonyl (C=O) groups is 2. The summed E-state index contributed by atoms with van der Waals surface area (Å²) in [6, 6.07) is 14.9. The Labute approximate surface area is 164 Å². The molecule has 4 rings (SSSR count). The van der Waals surface area contributed by atoms with Crippen molar-refractivity contribution in [3.05, 3.63) is 59.7 Å². The van der Waals surface area contributed by atoms with Gasteiger partial charge >= 0.3 is 0 Å². The van der Waals surface area contributed by atoms with Crippen LogP contribution < -0.4 is 20.7 Å². The summed E-state index contributed by atoms with van der Waals surface area (Å²) in [7, 11) is 0. The first-order chi connectivity index (χ1) is 13.6. The zero-order valence-corrected chi connectivity index (χ0v) is 15.9. The molecule has 0 radical (unpaired) electrons. The molecule has 1 saturated heterocycles. The highest BCUT2D eigenvalue weighted by atomic mass is 16.5. The number of benzene rings is 2. The Morgan fingerprint density at radius 1 is 1.14 bits per heavy atom. The van der Waals surface area contributed by atoms with E-state index in [0.29, 0.717) is 23.6 Å². The number of carbonyl (C=O) groups excluding carboxylic acids is 2. The molecule has 2 heterocycles. The predicted octanol–water partition coefficient (Wildman–Crippen LogP) is 2.36. The highest BCUT2D eigenvalue weighted by Gasteiger charge is 2.29. The molecule has 28 heavy (non-hydrogen) atoms. The zero-order chi connectivity index (χ0) is 19.5. The van der Waals surface area contributed by atoms with Gasteiger partial charge in [-0.2, -0.15) is 0 Å². The molecule has 6 heteroatoms. The summed E-state index contributed by atoms with van der Waals surface area (Å²) >= 11 is 0. The molecule has 0 bridgehead atoms.